The molecule has 0 amide bonds. The standard InChI is InChI=1S/C14H16FN3O/c1-9-5-6-10(15)8-11(9)14-17-13(18-19-14)12-4-2-3-7-16-12/h5-6,8,12,16H,2-4,7H2,1H3. The van der Waals surface area contributed by atoms with Crippen molar-refractivity contribution in [2.24, 2.45) is 0 Å². The Hall–Kier alpha value is -1.75. The molecule has 1 unspecified atom stereocenters. The van der Waals surface area contributed by atoms with Crippen molar-refractivity contribution >= 4 is 0 Å². The number of piperidine rings is 1. The molecule has 1 N–H and O–H groups in total. The number of halogens is 1. The fraction of sp³-hybridized carbons (Fsp3) is 0.429. The highest BCUT2D eigenvalue weighted by atomic mass is 19.1. The second-order valence-electron chi connectivity index (χ2n) is 4.92. The van der Waals surface area contributed by atoms with Gasteiger partial charge in [-0.3, -0.25) is 0 Å². The van der Waals surface area contributed by atoms with Gasteiger partial charge in [0, 0.05) is 5.56 Å². The first-order valence-electron chi connectivity index (χ1n) is 6.57. The SMILES string of the molecule is Cc1ccc(F)cc1-c1nc(C2CCCCN2)no1. The van der Waals surface area contributed by atoms with Crippen LogP contribution in [-0.2, 0) is 0 Å². The van der Waals surface area contributed by atoms with E-state index in [1.165, 1.54) is 25.0 Å². The lowest BCUT2D eigenvalue weighted by atomic mass is 10.0. The second-order valence-corrected chi connectivity index (χ2v) is 4.92. The van der Waals surface area contributed by atoms with Gasteiger partial charge in [-0.25, -0.2) is 4.39 Å². The van der Waals surface area contributed by atoms with E-state index in [1.807, 2.05) is 6.92 Å². The zero-order valence-corrected chi connectivity index (χ0v) is 10.8. The maximum atomic E-state index is 13.3. The van der Waals surface area contributed by atoms with Gasteiger partial charge < -0.3 is 9.84 Å². The molecule has 1 fully saturated rings. The van der Waals surface area contributed by atoms with E-state index in [9.17, 15) is 4.39 Å². The number of hydrogen-bond acceptors (Lipinski definition) is 4. The zero-order valence-electron chi connectivity index (χ0n) is 10.8. The highest BCUT2D eigenvalue weighted by Crippen LogP contribution is 2.26. The second kappa shape index (κ2) is 5.09. The summed E-state index contributed by atoms with van der Waals surface area (Å²) < 4.78 is 18.6. The Kier molecular flexibility index (Phi) is 3.29. The van der Waals surface area contributed by atoms with Crippen molar-refractivity contribution in [1.82, 2.24) is 15.5 Å². The minimum Gasteiger partial charge on any atom is -0.334 e. The fourth-order valence-electron chi connectivity index (χ4n) is 2.38. The van der Waals surface area contributed by atoms with Crippen LogP contribution in [0, 0.1) is 12.7 Å². The van der Waals surface area contributed by atoms with E-state index in [1.54, 1.807) is 6.07 Å². The monoisotopic (exact) mass is 261 g/mol. The molecule has 1 aromatic carbocycles. The lowest BCUT2D eigenvalue weighted by Gasteiger charge is -2.19. The molecule has 1 saturated heterocycles. The first-order valence-corrected chi connectivity index (χ1v) is 6.57. The Morgan fingerprint density at radius 3 is 3.05 bits per heavy atom. The molecule has 19 heavy (non-hydrogen) atoms. The van der Waals surface area contributed by atoms with Crippen molar-refractivity contribution in [2.45, 2.75) is 32.2 Å². The van der Waals surface area contributed by atoms with E-state index < -0.39 is 0 Å². The van der Waals surface area contributed by atoms with Gasteiger partial charge in [-0.15, -0.1) is 0 Å². The number of benzene rings is 1. The van der Waals surface area contributed by atoms with E-state index in [2.05, 4.69) is 15.5 Å². The summed E-state index contributed by atoms with van der Waals surface area (Å²) in [6.45, 7) is 2.88. The Labute approximate surface area is 111 Å². The van der Waals surface area contributed by atoms with Crippen molar-refractivity contribution in [3.05, 3.63) is 35.4 Å². The number of nitrogens with zero attached hydrogens (tertiary/aromatic N) is 2. The van der Waals surface area contributed by atoms with Gasteiger partial charge in [0.2, 0.25) is 0 Å². The first-order chi connectivity index (χ1) is 9.24. The van der Waals surface area contributed by atoms with Gasteiger partial charge in [-0.05, 0) is 44.0 Å². The summed E-state index contributed by atoms with van der Waals surface area (Å²) in [7, 11) is 0. The minimum absolute atomic E-state index is 0.153. The number of aryl methyl sites for hydroxylation is 1. The molecule has 1 aliphatic rings. The summed E-state index contributed by atoms with van der Waals surface area (Å²) in [5, 5.41) is 7.38. The van der Waals surface area contributed by atoms with Gasteiger partial charge >= 0.3 is 0 Å². The van der Waals surface area contributed by atoms with Gasteiger partial charge in [0.15, 0.2) is 5.82 Å². The predicted molar refractivity (Wildman–Crippen MR) is 69.0 cm³/mol. The van der Waals surface area contributed by atoms with E-state index in [-0.39, 0.29) is 11.9 Å². The minimum atomic E-state index is -0.295. The molecule has 3 rings (SSSR count). The van der Waals surface area contributed by atoms with Crippen LogP contribution >= 0.6 is 0 Å². The molecule has 0 aliphatic carbocycles. The van der Waals surface area contributed by atoms with Crippen LogP contribution in [0.25, 0.3) is 11.5 Å². The van der Waals surface area contributed by atoms with E-state index >= 15 is 0 Å². The smallest absolute Gasteiger partial charge is 0.258 e. The lowest BCUT2D eigenvalue weighted by molar-refractivity contribution is 0.367. The van der Waals surface area contributed by atoms with Crippen LogP contribution < -0.4 is 5.32 Å². The Morgan fingerprint density at radius 1 is 1.37 bits per heavy atom. The highest BCUT2D eigenvalue weighted by molar-refractivity contribution is 5.58. The Morgan fingerprint density at radius 2 is 2.26 bits per heavy atom. The van der Waals surface area contributed by atoms with Gasteiger partial charge in [0.1, 0.15) is 5.82 Å². The van der Waals surface area contributed by atoms with Crippen molar-refractivity contribution < 1.29 is 8.91 Å². The van der Waals surface area contributed by atoms with Crippen LogP contribution in [-0.4, -0.2) is 16.7 Å². The molecule has 1 aromatic heterocycles. The van der Waals surface area contributed by atoms with Crippen molar-refractivity contribution in [2.75, 3.05) is 6.54 Å². The molecule has 0 radical (unpaired) electrons. The molecule has 1 aliphatic heterocycles. The number of hydrogen-bond donors (Lipinski definition) is 1. The van der Waals surface area contributed by atoms with Crippen LogP contribution in [0.2, 0.25) is 0 Å². The molecule has 2 heterocycles. The number of nitrogens with one attached hydrogen (secondary N) is 1. The maximum Gasteiger partial charge on any atom is 0.258 e. The van der Waals surface area contributed by atoms with Crippen LogP contribution in [0.1, 0.15) is 36.7 Å². The van der Waals surface area contributed by atoms with Crippen LogP contribution in [0.3, 0.4) is 0 Å². The summed E-state index contributed by atoms with van der Waals surface area (Å²) in [5.41, 5.74) is 1.59. The predicted octanol–water partition coefficient (Wildman–Crippen LogP) is 3.00. The highest BCUT2D eigenvalue weighted by Gasteiger charge is 2.21. The van der Waals surface area contributed by atoms with Crippen molar-refractivity contribution in [1.29, 1.82) is 0 Å². The molecule has 5 heteroatoms. The third-order valence-electron chi connectivity index (χ3n) is 3.49. The summed E-state index contributed by atoms with van der Waals surface area (Å²) >= 11 is 0. The molecule has 2 aromatic rings. The molecule has 0 bridgehead atoms. The van der Waals surface area contributed by atoms with Crippen LogP contribution in [0.4, 0.5) is 4.39 Å². The Balaban J connectivity index is 1.89. The molecular weight excluding hydrogens is 245 g/mol. The lowest BCUT2D eigenvalue weighted by Crippen LogP contribution is -2.27. The van der Waals surface area contributed by atoms with E-state index in [0.717, 1.165) is 18.5 Å². The van der Waals surface area contributed by atoms with E-state index in [0.29, 0.717) is 17.3 Å². The van der Waals surface area contributed by atoms with Crippen LogP contribution in [0.5, 0.6) is 0 Å². The largest absolute Gasteiger partial charge is 0.334 e. The third kappa shape index (κ3) is 2.51. The van der Waals surface area contributed by atoms with Gasteiger partial charge in [0.25, 0.3) is 5.89 Å². The summed E-state index contributed by atoms with van der Waals surface area (Å²) in [4.78, 5) is 4.40. The van der Waals surface area contributed by atoms with Gasteiger partial charge in [-0.2, -0.15) is 4.98 Å². The maximum absolute atomic E-state index is 13.3. The van der Waals surface area contributed by atoms with E-state index in [4.69, 9.17) is 4.52 Å². The third-order valence-corrected chi connectivity index (χ3v) is 3.49. The molecule has 0 spiro atoms. The molecule has 4 nitrogen and oxygen atoms in total. The normalized spacial score (nSPS) is 19.6. The quantitative estimate of drug-likeness (QED) is 0.902. The van der Waals surface area contributed by atoms with Crippen molar-refractivity contribution in [3.8, 4) is 11.5 Å². The molecular formula is C14H16FN3O. The van der Waals surface area contributed by atoms with Gasteiger partial charge in [-0.1, -0.05) is 17.6 Å². The summed E-state index contributed by atoms with van der Waals surface area (Å²) in [6.07, 6.45) is 3.37. The summed E-state index contributed by atoms with van der Waals surface area (Å²) in [6, 6.07) is 4.73. The average molecular weight is 261 g/mol. The first kappa shape index (κ1) is 12.3. The van der Waals surface area contributed by atoms with Gasteiger partial charge in [0.05, 0.1) is 6.04 Å². The fourth-order valence-corrected chi connectivity index (χ4v) is 2.38. The average Bonchev–Trinajstić information content (AvgIpc) is 2.92. The Bertz CT molecular complexity index is 576. The molecule has 1 atom stereocenters. The van der Waals surface area contributed by atoms with Crippen molar-refractivity contribution in [3.63, 3.8) is 0 Å². The zero-order chi connectivity index (χ0) is 13.2. The molecule has 0 saturated carbocycles. The number of rotatable bonds is 2. The van der Waals surface area contributed by atoms with Crippen LogP contribution in [0.15, 0.2) is 22.7 Å². The molecule has 100 valence electrons. The topological polar surface area (TPSA) is 51.0 Å². The number of aromatic nitrogens is 2. The summed E-state index contributed by atoms with van der Waals surface area (Å²) in [5.74, 6) is 0.758.